The lowest BCUT2D eigenvalue weighted by molar-refractivity contribution is -0.140. The predicted octanol–water partition coefficient (Wildman–Crippen LogP) is 2.50. The molecule has 1 aliphatic rings. The highest BCUT2D eigenvalue weighted by Gasteiger charge is 2.32. The Labute approximate surface area is 92.5 Å². The lowest BCUT2D eigenvalue weighted by Gasteiger charge is -2.42. The third-order valence-electron chi connectivity index (χ3n) is 3.66. The van der Waals surface area contributed by atoms with Crippen molar-refractivity contribution in [1.29, 1.82) is 0 Å². The highest BCUT2D eigenvalue weighted by atomic mass is 16.4. The number of hydrogen-bond acceptors (Lipinski definition) is 2. The third-order valence-corrected chi connectivity index (χ3v) is 3.66. The average molecular weight is 213 g/mol. The van der Waals surface area contributed by atoms with Crippen molar-refractivity contribution in [1.82, 2.24) is 4.90 Å². The van der Waals surface area contributed by atoms with Gasteiger partial charge in [-0.2, -0.15) is 0 Å². The van der Waals surface area contributed by atoms with Gasteiger partial charge in [-0.3, -0.25) is 9.69 Å². The molecule has 3 nitrogen and oxygen atoms in total. The van der Waals surface area contributed by atoms with Crippen molar-refractivity contribution < 1.29 is 9.90 Å². The molecular weight excluding hydrogens is 190 g/mol. The lowest BCUT2D eigenvalue weighted by Crippen LogP contribution is -2.49. The fourth-order valence-corrected chi connectivity index (χ4v) is 2.46. The van der Waals surface area contributed by atoms with E-state index in [2.05, 4.69) is 11.9 Å². The maximum absolute atomic E-state index is 10.8. The van der Waals surface area contributed by atoms with Crippen LogP contribution in [0.15, 0.2) is 0 Å². The molecule has 1 fully saturated rings. The smallest absolute Gasteiger partial charge is 0.305 e. The predicted molar refractivity (Wildman–Crippen MR) is 61.0 cm³/mol. The molecule has 1 aliphatic carbocycles. The number of carbonyl (C=O) groups is 1. The molecule has 0 heterocycles. The maximum atomic E-state index is 10.8. The molecule has 0 aromatic heterocycles. The minimum absolute atomic E-state index is 0.222. The monoisotopic (exact) mass is 213 g/mol. The summed E-state index contributed by atoms with van der Waals surface area (Å²) in [4.78, 5) is 13.0. The molecular formula is C12H23NO2. The van der Waals surface area contributed by atoms with Gasteiger partial charge >= 0.3 is 5.97 Å². The fourth-order valence-electron chi connectivity index (χ4n) is 2.46. The van der Waals surface area contributed by atoms with Crippen molar-refractivity contribution in [3.63, 3.8) is 0 Å². The molecule has 1 saturated carbocycles. The first-order valence-corrected chi connectivity index (χ1v) is 5.88. The zero-order valence-corrected chi connectivity index (χ0v) is 10.1. The van der Waals surface area contributed by atoms with E-state index in [1.54, 1.807) is 0 Å². The van der Waals surface area contributed by atoms with E-state index in [4.69, 9.17) is 5.11 Å². The van der Waals surface area contributed by atoms with E-state index < -0.39 is 5.97 Å². The molecule has 0 spiro atoms. The van der Waals surface area contributed by atoms with Gasteiger partial charge in [0.25, 0.3) is 0 Å². The molecule has 0 amide bonds. The summed E-state index contributed by atoms with van der Waals surface area (Å²) in [5.74, 6) is -0.706. The second kappa shape index (κ2) is 4.97. The van der Waals surface area contributed by atoms with Gasteiger partial charge in [0.05, 0.1) is 6.42 Å². The van der Waals surface area contributed by atoms with Crippen LogP contribution in [0.2, 0.25) is 0 Å². The third kappa shape index (κ3) is 3.49. The van der Waals surface area contributed by atoms with Crippen LogP contribution in [0.3, 0.4) is 0 Å². The number of aliphatic carboxylic acids is 1. The molecule has 88 valence electrons. The highest BCUT2D eigenvalue weighted by molar-refractivity contribution is 5.68. The van der Waals surface area contributed by atoms with Crippen LogP contribution in [-0.2, 0) is 4.79 Å². The normalized spacial score (nSPS) is 19.5. The van der Waals surface area contributed by atoms with E-state index in [1.807, 2.05) is 13.8 Å². The second-order valence-electron chi connectivity index (χ2n) is 5.29. The largest absolute Gasteiger partial charge is 0.481 e. The Morgan fingerprint density at radius 3 is 2.33 bits per heavy atom. The molecule has 0 bridgehead atoms. The summed E-state index contributed by atoms with van der Waals surface area (Å²) >= 11 is 0. The van der Waals surface area contributed by atoms with Crippen LogP contribution in [0.25, 0.3) is 0 Å². The molecule has 0 atom stereocenters. The van der Waals surface area contributed by atoms with E-state index in [1.165, 1.54) is 32.1 Å². The molecule has 0 saturated heterocycles. The second-order valence-corrected chi connectivity index (χ2v) is 5.29. The Morgan fingerprint density at radius 2 is 1.87 bits per heavy atom. The van der Waals surface area contributed by atoms with Crippen molar-refractivity contribution >= 4 is 5.97 Å². The van der Waals surface area contributed by atoms with E-state index in [-0.39, 0.29) is 12.0 Å². The van der Waals surface area contributed by atoms with Crippen molar-refractivity contribution in [3.8, 4) is 0 Å². The minimum atomic E-state index is -0.706. The Morgan fingerprint density at radius 1 is 1.33 bits per heavy atom. The number of hydrogen-bond donors (Lipinski definition) is 1. The van der Waals surface area contributed by atoms with Crippen LogP contribution >= 0.6 is 0 Å². The molecule has 0 aromatic rings. The summed E-state index contributed by atoms with van der Waals surface area (Å²) in [6, 6.07) is 0.577. The molecule has 15 heavy (non-hydrogen) atoms. The van der Waals surface area contributed by atoms with Crippen LogP contribution in [0, 0.1) is 0 Å². The Balaban J connectivity index is 2.55. The average Bonchev–Trinajstić information content (AvgIpc) is 2.16. The van der Waals surface area contributed by atoms with Crippen molar-refractivity contribution in [2.75, 3.05) is 7.05 Å². The molecule has 1 rings (SSSR count). The minimum Gasteiger partial charge on any atom is -0.481 e. The van der Waals surface area contributed by atoms with Gasteiger partial charge in [-0.1, -0.05) is 19.3 Å². The van der Waals surface area contributed by atoms with Crippen LogP contribution in [-0.4, -0.2) is 34.6 Å². The van der Waals surface area contributed by atoms with Crippen molar-refractivity contribution in [2.45, 2.75) is 64.0 Å². The standard InChI is InChI=1S/C12H23NO2/c1-12(2,9-11(14)15)13(3)10-7-5-4-6-8-10/h10H,4-9H2,1-3H3,(H,14,15). The van der Waals surface area contributed by atoms with E-state index in [0.29, 0.717) is 6.04 Å². The quantitative estimate of drug-likeness (QED) is 0.780. The molecule has 0 aliphatic heterocycles. The van der Waals surface area contributed by atoms with Gasteiger partial charge in [-0.25, -0.2) is 0 Å². The summed E-state index contributed by atoms with van der Waals surface area (Å²) in [7, 11) is 2.07. The van der Waals surface area contributed by atoms with Gasteiger partial charge in [0.1, 0.15) is 0 Å². The molecule has 3 heteroatoms. The molecule has 1 N–H and O–H groups in total. The summed E-state index contributed by atoms with van der Waals surface area (Å²) in [5.41, 5.74) is -0.228. The molecule has 0 aromatic carbocycles. The van der Waals surface area contributed by atoms with E-state index >= 15 is 0 Å². The van der Waals surface area contributed by atoms with Gasteiger partial charge in [0.15, 0.2) is 0 Å². The van der Waals surface area contributed by atoms with Crippen LogP contribution in [0.1, 0.15) is 52.4 Å². The Hall–Kier alpha value is -0.570. The van der Waals surface area contributed by atoms with Gasteiger partial charge in [0.2, 0.25) is 0 Å². The SMILES string of the molecule is CN(C1CCCCC1)C(C)(C)CC(=O)O. The summed E-state index contributed by atoms with van der Waals surface area (Å²) in [6.45, 7) is 4.05. The zero-order chi connectivity index (χ0) is 11.5. The topological polar surface area (TPSA) is 40.5 Å². The number of nitrogens with zero attached hydrogens (tertiary/aromatic N) is 1. The van der Waals surface area contributed by atoms with Crippen molar-refractivity contribution in [3.05, 3.63) is 0 Å². The first kappa shape index (κ1) is 12.5. The van der Waals surface area contributed by atoms with Gasteiger partial charge in [-0.05, 0) is 33.7 Å². The number of carboxylic acid groups (broad SMARTS) is 1. The first-order chi connectivity index (χ1) is 6.93. The van der Waals surface area contributed by atoms with Gasteiger partial charge < -0.3 is 5.11 Å². The first-order valence-electron chi connectivity index (χ1n) is 5.88. The molecule has 0 radical (unpaired) electrons. The van der Waals surface area contributed by atoms with Crippen molar-refractivity contribution in [2.24, 2.45) is 0 Å². The van der Waals surface area contributed by atoms with Crippen LogP contribution < -0.4 is 0 Å². The molecule has 0 unspecified atom stereocenters. The van der Waals surface area contributed by atoms with Gasteiger partial charge in [0, 0.05) is 11.6 Å². The van der Waals surface area contributed by atoms with E-state index in [0.717, 1.165) is 0 Å². The summed E-state index contributed by atoms with van der Waals surface area (Å²) < 4.78 is 0. The zero-order valence-electron chi connectivity index (χ0n) is 10.1. The van der Waals surface area contributed by atoms with Gasteiger partial charge in [-0.15, -0.1) is 0 Å². The number of carboxylic acids is 1. The Kier molecular flexibility index (Phi) is 4.14. The Bertz CT molecular complexity index is 220. The summed E-state index contributed by atoms with van der Waals surface area (Å²) in [5, 5.41) is 8.87. The maximum Gasteiger partial charge on any atom is 0.305 e. The van der Waals surface area contributed by atoms with Crippen LogP contribution in [0.4, 0.5) is 0 Å². The summed E-state index contributed by atoms with van der Waals surface area (Å²) in [6.07, 6.45) is 6.58. The fraction of sp³-hybridized carbons (Fsp3) is 0.917. The highest BCUT2D eigenvalue weighted by Crippen LogP contribution is 2.28. The number of rotatable bonds is 4. The van der Waals surface area contributed by atoms with E-state index in [9.17, 15) is 4.79 Å². The lowest BCUT2D eigenvalue weighted by atomic mass is 9.89. The van der Waals surface area contributed by atoms with Crippen LogP contribution in [0.5, 0.6) is 0 Å².